The van der Waals surface area contributed by atoms with Crippen LogP contribution >= 0.6 is 0 Å². The molecule has 1 aliphatic heterocycles. The summed E-state index contributed by atoms with van der Waals surface area (Å²) in [6.07, 6.45) is 3.61. The lowest BCUT2D eigenvalue weighted by atomic mass is 9.93. The number of carbonyl (C=O) groups is 1. The van der Waals surface area contributed by atoms with Gasteiger partial charge in [-0.1, -0.05) is 24.3 Å². The van der Waals surface area contributed by atoms with Crippen LogP contribution in [0.2, 0.25) is 0 Å². The van der Waals surface area contributed by atoms with Crippen molar-refractivity contribution in [3.05, 3.63) is 35.4 Å². The summed E-state index contributed by atoms with van der Waals surface area (Å²) in [4.78, 5) is 14.4. The second-order valence-electron chi connectivity index (χ2n) is 6.13. The third-order valence-corrected chi connectivity index (χ3v) is 4.51. The van der Waals surface area contributed by atoms with Crippen LogP contribution in [0.25, 0.3) is 0 Å². The molecule has 1 amide bonds. The molecule has 21 heavy (non-hydrogen) atoms. The molecule has 1 fully saturated rings. The summed E-state index contributed by atoms with van der Waals surface area (Å²) in [6.45, 7) is 5.95. The van der Waals surface area contributed by atoms with Gasteiger partial charge >= 0.3 is 0 Å². The Balaban J connectivity index is 1.92. The van der Waals surface area contributed by atoms with Crippen molar-refractivity contribution in [1.29, 1.82) is 0 Å². The highest BCUT2D eigenvalue weighted by atomic mass is 16.5. The van der Waals surface area contributed by atoms with E-state index in [0.29, 0.717) is 24.3 Å². The summed E-state index contributed by atoms with van der Waals surface area (Å²) >= 11 is 0. The molecule has 0 aromatic heterocycles. The number of hydrogen-bond acceptors (Lipinski definition) is 2. The van der Waals surface area contributed by atoms with E-state index >= 15 is 0 Å². The Labute approximate surface area is 128 Å². The van der Waals surface area contributed by atoms with Crippen LogP contribution in [0, 0.1) is 6.92 Å². The molecule has 0 spiro atoms. The molecule has 0 saturated carbocycles. The fourth-order valence-corrected chi connectivity index (χ4v) is 3.31. The van der Waals surface area contributed by atoms with E-state index in [-0.39, 0.29) is 0 Å². The van der Waals surface area contributed by atoms with Crippen LogP contribution < -0.4 is 0 Å². The largest absolute Gasteiger partial charge is 0.385 e. The molecule has 0 aliphatic carbocycles. The number of aryl methyl sites for hydroxylation is 1. The number of unbranched alkanes of at least 4 members (excludes halogenated alkanes) is 1. The minimum absolute atomic E-state index is 0.301. The lowest BCUT2D eigenvalue weighted by Gasteiger charge is -2.21. The molecule has 0 bridgehead atoms. The number of likely N-dealkylation sites (tertiary alicyclic amines) is 1. The zero-order valence-corrected chi connectivity index (χ0v) is 13.5. The molecule has 0 radical (unpaired) electrons. The molecular formula is C18H27NO2. The average Bonchev–Trinajstić information content (AvgIpc) is 2.86. The third-order valence-electron chi connectivity index (χ3n) is 4.51. The van der Waals surface area contributed by atoms with Crippen molar-refractivity contribution in [3.63, 3.8) is 0 Å². The Hall–Kier alpha value is -1.35. The van der Waals surface area contributed by atoms with Crippen LogP contribution in [0.3, 0.4) is 0 Å². The molecule has 3 heteroatoms. The van der Waals surface area contributed by atoms with Crippen molar-refractivity contribution < 1.29 is 9.53 Å². The molecule has 1 aromatic rings. The van der Waals surface area contributed by atoms with Gasteiger partial charge in [-0.25, -0.2) is 0 Å². The summed E-state index contributed by atoms with van der Waals surface area (Å²) in [5.74, 6) is 0.791. The molecule has 2 atom stereocenters. The van der Waals surface area contributed by atoms with Crippen molar-refractivity contribution in [2.75, 3.05) is 20.3 Å². The quantitative estimate of drug-likeness (QED) is 0.750. The topological polar surface area (TPSA) is 29.5 Å². The monoisotopic (exact) mass is 289 g/mol. The maximum Gasteiger partial charge on any atom is 0.222 e. The summed E-state index contributed by atoms with van der Waals surface area (Å²) in [5.41, 5.74) is 2.74. The minimum atomic E-state index is 0.301. The van der Waals surface area contributed by atoms with Gasteiger partial charge in [0.25, 0.3) is 0 Å². The average molecular weight is 289 g/mol. The van der Waals surface area contributed by atoms with Gasteiger partial charge < -0.3 is 9.64 Å². The van der Waals surface area contributed by atoms with Crippen LogP contribution in [0.5, 0.6) is 0 Å². The number of amides is 1. The SMILES string of the molecule is COCCCCC(=O)N1C[C@@H](c2ccccc2C)C[C@@H]1C. The van der Waals surface area contributed by atoms with Crippen molar-refractivity contribution in [3.8, 4) is 0 Å². The van der Waals surface area contributed by atoms with Gasteiger partial charge in [-0.15, -0.1) is 0 Å². The molecule has 0 unspecified atom stereocenters. The molecule has 1 heterocycles. The molecule has 0 N–H and O–H groups in total. The lowest BCUT2D eigenvalue weighted by Crippen LogP contribution is -2.33. The van der Waals surface area contributed by atoms with E-state index in [4.69, 9.17) is 4.74 Å². The van der Waals surface area contributed by atoms with E-state index in [1.54, 1.807) is 7.11 Å². The van der Waals surface area contributed by atoms with Crippen LogP contribution in [-0.4, -0.2) is 37.1 Å². The molecule has 1 aliphatic rings. The van der Waals surface area contributed by atoms with E-state index in [1.165, 1.54) is 11.1 Å². The van der Waals surface area contributed by atoms with Gasteiger partial charge in [0.1, 0.15) is 0 Å². The number of methoxy groups -OCH3 is 1. The zero-order valence-electron chi connectivity index (χ0n) is 13.5. The molecule has 2 rings (SSSR count). The Bertz CT molecular complexity index is 472. The number of hydrogen-bond donors (Lipinski definition) is 0. The van der Waals surface area contributed by atoms with E-state index in [9.17, 15) is 4.79 Å². The predicted octanol–water partition coefficient (Wildman–Crippen LogP) is 3.52. The second-order valence-corrected chi connectivity index (χ2v) is 6.13. The summed E-state index contributed by atoms with van der Waals surface area (Å²) < 4.78 is 5.03. The first kappa shape index (κ1) is 16.0. The van der Waals surface area contributed by atoms with Crippen LogP contribution in [-0.2, 0) is 9.53 Å². The molecule has 3 nitrogen and oxygen atoms in total. The fourth-order valence-electron chi connectivity index (χ4n) is 3.31. The fraction of sp³-hybridized carbons (Fsp3) is 0.611. The Morgan fingerprint density at radius 2 is 2.10 bits per heavy atom. The van der Waals surface area contributed by atoms with Crippen LogP contribution in [0.1, 0.15) is 49.7 Å². The highest BCUT2D eigenvalue weighted by molar-refractivity contribution is 5.77. The first-order valence-corrected chi connectivity index (χ1v) is 7.97. The molecule has 1 aromatic carbocycles. The Morgan fingerprint density at radius 1 is 1.33 bits per heavy atom. The summed E-state index contributed by atoms with van der Waals surface area (Å²) in [6, 6.07) is 8.90. The zero-order chi connectivity index (χ0) is 15.2. The summed E-state index contributed by atoms with van der Waals surface area (Å²) in [5, 5.41) is 0. The number of nitrogens with zero attached hydrogens (tertiary/aromatic N) is 1. The van der Waals surface area contributed by atoms with Gasteiger partial charge in [0.2, 0.25) is 5.91 Å². The minimum Gasteiger partial charge on any atom is -0.385 e. The van der Waals surface area contributed by atoms with E-state index < -0.39 is 0 Å². The highest BCUT2D eigenvalue weighted by Gasteiger charge is 2.33. The second kappa shape index (κ2) is 7.60. The standard InChI is InChI=1S/C18H27NO2/c1-14-8-4-5-9-17(14)16-12-15(2)19(13-16)18(20)10-6-7-11-21-3/h4-5,8-9,15-16H,6-7,10-13H2,1-3H3/t15-,16-/m0/s1. The predicted molar refractivity (Wildman–Crippen MR) is 85.4 cm³/mol. The van der Waals surface area contributed by atoms with Crippen molar-refractivity contribution in [2.24, 2.45) is 0 Å². The molecule has 1 saturated heterocycles. The van der Waals surface area contributed by atoms with E-state index in [1.807, 2.05) is 0 Å². The first-order chi connectivity index (χ1) is 10.1. The van der Waals surface area contributed by atoms with Crippen LogP contribution in [0.15, 0.2) is 24.3 Å². The Kier molecular flexibility index (Phi) is 5.80. The maximum atomic E-state index is 12.4. The van der Waals surface area contributed by atoms with Crippen LogP contribution in [0.4, 0.5) is 0 Å². The van der Waals surface area contributed by atoms with Crippen molar-refractivity contribution in [2.45, 2.75) is 51.5 Å². The maximum absolute atomic E-state index is 12.4. The number of rotatable bonds is 6. The van der Waals surface area contributed by atoms with Gasteiger partial charge in [-0.2, -0.15) is 0 Å². The van der Waals surface area contributed by atoms with Gasteiger partial charge in [0.05, 0.1) is 0 Å². The third kappa shape index (κ3) is 4.07. The van der Waals surface area contributed by atoms with Crippen molar-refractivity contribution in [1.82, 2.24) is 4.90 Å². The Morgan fingerprint density at radius 3 is 2.81 bits per heavy atom. The normalized spacial score (nSPS) is 21.8. The lowest BCUT2D eigenvalue weighted by molar-refractivity contribution is -0.131. The molecule has 116 valence electrons. The van der Waals surface area contributed by atoms with E-state index in [0.717, 1.165) is 32.4 Å². The number of benzene rings is 1. The first-order valence-electron chi connectivity index (χ1n) is 7.97. The molecular weight excluding hydrogens is 262 g/mol. The van der Waals surface area contributed by atoms with E-state index in [2.05, 4.69) is 43.0 Å². The van der Waals surface area contributed by atoms with Gasteiger partial charge in [0, 0.05) is 38.6 Å². The highest BCUT2D eigenvalue weighted by Crippen LogP contribution is 2.33. The van der Waals surface area contributed by atoms with Gasteiger partial charge in [-0.3, -0.25) is 4.79 Å². The van der Waals surface area contributed by atoms with Crippen molar-refractivity contribution >= 4 is 5.91 Å². The van der Waals surface area contributed by atoms with Gasteiger partial charge in [-0.05, 0) is 44.2 Å². The number of ether oxygens (including phenoxy) is 1. The number of carbonyl (C=O) groups excluding carboxylic acids is 1. The smallest absolute Gasteiger partial charge is 0.222 e. The summed E-state index contributed by atoms with van der Waals surface area (Å²) in [7, 11) is 1.71. The van der Waals surface area contributed by atoms with Gasteiger partial charge in [0.15, 0.2) is 0 Å².